The summed E-state index contributed by atoms with van der Waals surface area (Å²) < 4.78 is 12.0. The van der Waals surface area contributed by atoms with E-state index in [4.69, 9.17) is 9.47 Å². The zero-order chi connectivity index (χ0) is 47.2. The van der Waals surface area contributed by atoms with Crippen LogP contribution in [0.4, 0.5) is 34.1 Å². The predicted molar refractivity (Wildman–Crippen MR) is 292 cm³/mol. The van der Waals surface area contributed by atoms with Crippen molar-refractivity contribution in [3.05, 3.63) is 251 Å². The van der Waals surface area contributed by atoms with Crippen LogP contribution in [-0.2, 0) is 12.8 Å². The number of hydrogen-bond donors (Lipinski definition) is 0. The molecule has 0 heterocycles. The van der Waals surface area contributed by atoms with Gasteiger partial charge in [-0.05, 0) is 132 Å². The second-order valence-electron chi connectivity index (χ2n) is 16.8. The Kier molecular flexibility index (Phi) is 15.3. The summed E-state index contributed by atoms with van der Waals surface area (Å²) in [5.41, 5.74) is 18.1. The van der Waals surface area contributed by atoms with Crippen molar-refractivity contribution >= 4 is 58.4 Å². The highest BCUT2D eigenvalue weighted by molar-refractivity contribution is 5.86. The van der Waals surface area contributed by atoms with Gasteiger partial charge in [-0.2, -0.15) is 0 Å². The summed E-state index contributed by atoms with van der Waals surface area (Å²) in [6.07, 6.45) is 18.6. The van der Waals surface area contributed by atoms with E-state index < -0.39 is 0 Å². The van der Waals surface area contributed by atoms with Crippen molar-refractivity contribution in [1.29, 1.82) is 0 Å². The summed E-state index contributed by atoms with van der Waals surface area (Å²) >= 11 is 0. The lowest BCUT2D eigenvalue weighted by Crippen LogP contribution is -2.13. The lowest BCUT2D eigenvalue weighted by molar-refractivity contribution is 0.415. The molecule has 0 atom stereocenters. The highest BCUT2D eigenvalue weighted by Crippen LogP contribution is 2.45. The molecule has 4 nitrogen and oxygen atoms in total. The average Bonchev–Trinajstić information content (AvgIpc) is 3.39. The maximum Gasteiger partial charge on any atom is 0.143 e. The first kappa shape index (κ1) is 46.4. The van der Waals surface area contributed by atoms with Gasteiger partial charge in [0.2, 0.25) is 0 Å². The summed E-state index contributed by atoms with van der Waals surface area (Å²) in [7, 11) is 3.50. The molecule has 0 fully saturated rings. The van der Waals surface area contributed by atoms with E-state index in [1.54, 1.807) is 14.2 Å². The average molecular weight is 889 g/mol. The highest BCUT2D eigenvalue weighted by atomic mass is 16.5. The molecule has 338 valence electrons. The Hall–Kier alpha value is -8.08. The van der Waals surface area contributed by atoms with Gasteiger partial charge in [-0.15, -0.1) is 0 Å². The highest BCUT2D eigenvalue weighted by Gasteiger charge is 2.22. The van der Waals surface area contributed by atoms with E-state index in [0.29, 0.717) is 0 Å². The van der Waals surface area contributed by atoms with Gasteiger partial charge in [-0.25, -0.2) is 0 Å². The molecule has 0 aliphatic carbocycles. The SMILES string of the molecule is CCc1cccc(OC)c1N(c1ccc(/C=C/C=C/c2ccc(C)cc2)cc1)c1ccc(-c2ccc(N(c3ccc(/C=C/C=C/c4ccc(C)cc4)cc3)c3c(CC)cccc3OC)cc2)cc1. The summed E-state index contributed by atoms with van der Waals surface area (Å²) in [6, 6.07) is 64.9. The summed E-state index contributed by atoms with van der Waals surface area (Å²) in [5, 5.41) is 0. The number of ether oxygens (including phenoxy) is 2. The zero-order valence-electron chi connectivity index (χ0n) is 40.1. The van der Waals surface area contributed by atoms with E-state index in [1.165, 1.54) is 33.4 Å². The van der Waals surface area contributed by atoms with Gasteiger partial charge in [0.25, 0.3) is 0 Å². The molecule has 0 radical (unpaired) electrons. The van der Waals surface area contributed by atoms with Crippen LogP contribution in [0.5, 0.6) is 11.5 Å². The number of rotatable bonds is 17. The Morgan fingerprint density at radius 3 is 0.912 bits per heavy atom. The first-order valence-electron chi connectivity index (χ1n) is 23.5. The minimum Gasteiger partial charge on any atom is -0.495 e. The van der Waals surface area contributed by atoms with Crippen LogP contribution in [0, 0.1) is 13.8 Å². The molecular formula is C64H60N2O2. The molecule has 0 aliphatic heterocycles. The molecule has 0 saturated carbocycles. The minimum absolute atomic E-state index is 0.831. The first-order valence-corrected chi connectivity index (χ1v) is 23.5. The second-order valence-corrected chi connectivity index (χ2v) is 16.8. The van der Waals surface area contributed by atoms with Crippen molar-refractivity contribution in [3.63, 3.8) is 0 Å². The fraction of sp³-hybridized carbons (Fsp3) is 0.125. The third-order valence-electron chi connectivity index (χ3n) is 12.2. The molecular weight excluding hydrogens is 829 g/mol. The molecule has 0 saturated heterocycles. The number of hydrogen-bond acceptors (Lipinski definition) is 4. The molecule has 68 heavy (non-hydrogen) atoms. The van der Waals surface area contributed by atoms with E-state index in [-0.39, 0.29) is 0 Å². The van der Waals surface area contributed by atoms with Crippen LogP contribution in [0.3, 0.4) is 0 Å². The first-order chi connectivity index (χ1) is 33.3. The van der Waals surface area contributed by atoms with Crippen molar-refractivity contribution in [2.45, 2.75) is 40.5 Å². The quantitative estimate of drug-likeness (QED) is 0.0851. The van der Waals surface area contributed by atoms with Gasteiger partial charge in [-0.1, -0.05) is 195 Å². The van der Waals surface area contributed by atoms with Gasteiger partial charge >= 0.3 is 0 Å². The monoisotopic (exact) mass is 888 g/mol. The number of anilines is 6. The van der Waals surface area contributed by atoms with Crippen LogP contribution in [0.1, 0.15) is 58.4 Å². The molecule has 8 rings (SSSR count). The zero-order valence-corrected chi connectivity index (χ0v) is 40.1. The number of nitrogens with zero attached hydrogens (tertiary/aromatic N) is 2. The normalized spacial score (nSPS) is 11.6. The molecule has 8 aromatic rings. The van der Waals surface area contributed by atoms with Crippen LogP contribution < -0.4 is 19.3 Å². The Morgan fingerprint density at radius 1 is 0.353 bits per heavy atom. The maximum absolute atomic E-state index is 6.02. The Balaban J connectivity index is 1.07. The Morgan fingerprint density at radius 2 is 0.632 bits per heavy atom. The van der Waals surface area contributed by atoms with E-state index in [1.807, 2.05) is 12.1 Å². The summed E-state index contributed by atoms with van der Waals surface area (Å²) in [6.45, 7) is 8.60. The van der Waals surface area contributed by atoms with Gasteiger partial charge in [0, 0.05) is 22.7 Å². The molecule has 0 N–H and O–H groups in total. The number of benzene rings is 8. The van der Waals surface area contributed by atoms with E-state index in [2.05, 4.69) is 256 Å². The summed E-state index contributed by atoms with van der Waals surface area (Å²) in [4.78, 5) is 4.63. The lowest BCUT2D eigenvalue weighted by Gasteiger charge is -2.29. The van der Waals surface area contributed by atoms with E-state index >= 15 is 0 Å². The molecule has 0 spiro atoms. The smallest absolute Gasteiger partial charge is 0.143 e. The fourth-order valence-corrected chi connectivity index (χ4v) is 8.45. The van der Waals surface area contributed by atoms with Crippen LogP contribution in [-0.4, -0.2) is 14.2 Å². The van der Waals surface area contributed by atoms with Crippen molar-refractivity contribution < 1.29 is 9.47 Å². The summed E-state index contributed by atoms with van der Waals surface area (Å²) in [5.74, 6) is 1.66. The Labute approximate surface area is 404 Å². The largest absolute Gasteiger partial charge is 0.495 e. The standard InChI is InChI=1S/C64H60N2O2/c1-7-53-19-13-21-61(67-5)63(53)65(57-39-31-51(32-40-57)17-11-9-15-49-27-23-47(3)24-28-49)59-43-35-55(36-44-59)56-37-45-60(46-38-56)66(64-54(8-2)20-14-22-62(64)68-6)58-41-33-52(34-42-58)18-12-10-16-50-29-25-48(4)26-30-50/h9-46H,7-8H2,1-6H3/b15-9+,16-10+,17-11+,18-12+. The molecule has 0 amide bonds. The van der Waals surface area contributed by atoms with Gasteiger partial charge in [0.1, 0.15) is 11.5 Å². The molecule has 0 aliphatic rings. The third kappa shape index (κ3) is 11.1. The maximum atomic E-state index is 6.02. The third-order valence-corrected chi connectivity index (χ3v) is 12.2. The molecule has 0 bridgehead atoms. The second kappa shape index (κ2) is 22.4. The topological polar surface area (TPSA) is 24.9 Å². The minimum atomic E-state index is 0.831. The fourth-order valence-electron chi connectivity index (χ4n) is 8.45. The van der Waals surface area contributed by atoms with Gasteiger partial charge < -0.3 is 19.3 Å². The van der Waals surface area contributed by atoms with Gasteiger partial charge in [0.15, 0.2) is 0 Å². The number of allylic oxidation sites excluding steroid dienone is 4. The Bertz CT molecular complexity index is 2760. The van der Waals surface area contributed by atoms with Crippen LogP contribution in [0.25, 0.3) is 35.4 Å². The van der Waals surface area contributed by atoms with Gasteiger partial charge in [0.05, 0.1) is 25.6 Å². The van der Waals surface area contributed by atoms with E-state index in [9.17, 15) is 0 Å². The number of para-hydroxylation sites is 2. The van der Waals surface area contributed by atoms with Crippen LogP contribution >= 0.6 is 0 Å². The van der Waals surface area contributed by atoms with Crippen molar-refractivity contribution in [1.82, 2.24) is 0 Å². The predicted octanol–water partition coefficient (Wildman–Crippen LogP) is 17.5. The molecule has 0 unspecified atom stereocenters. The van der Waals surface area contributed by atoms with Crippen molar-refractivity contribution in [3.8, 4) is 22.6 Å². The van der Waals surface area contributed by atoms with Crippen molar-refractivity contribution in [2.24, 2.45) is 0 Å². The van der Waals surface area contributed by atoms with Crippen LogP contribution in [0.2, 0.25) is 0 Å². The molecule has 8 aromatic carbocycles. The molecule has 0 aromatic heterocycles. The van der Waals surface area contributed by atoms with Gasteiger partial charge in [-0.3, -0.25) is 0 Å². The van der Waals surface area contributed by atoms with Crippen molar-refractivity contribution in [2.75, 3.05) is 24.0 Å². The number of aryl methyl sites for hydroxylation is 4. The van der Waals surface area contributed by atoms with E-state index in [0.717, 1.165) is 80.7 Å². The number of methoxy groups -OCH3 is 2. The molecule has 4 heteroatoms. The van der Waals surface area contributed by atoms with Crippen LogP contribution in [0.15, 0.2) is 206 Å². The lowest BCUT2D eigenvalue weighted by atomic mass is 10.0.